The highest BCUT2D eigenvalue weighted by atomic mass is 32.1. The Labute approximate surface area is 144 Å². The van der Waals surface area contributed by atoms with Gasteiger partial charge in [0.1, 0.15) is 10.7 Å². The van der Waals surface area contributed by atoms with Crippen LogP contribution in [0.5, 0.6) is 11.5 Å². The van der Waals surface area contributed by atoms with Crippen LogP contribution in [0.2, 0.25) is 0 Å². The van der Waals surface area contributed by atoms with Gasteiger partial charge in [-0.25, -0.2) is 4.98 Å². The van der Waals surface area contributed by atoms with Gasteiger partial charge in [0.25, 0.3) is 5.91 Å². The molecule has 1 unspecified atom stereocenters. The van der Waals surface area contributed by atoms with Gasteiger partial charge in [-0.05, 0) is 36.6 Å². The molecule has 2 aliphatic rings. The molecule has 126 valence electrons. The molecule has 1 amide bonds. The number of aromatic nitrogens is 1. The second-order valence-electron chi connectivity index (χ2n) is 6.60. The number of nitrogens with two attached hydrogens (primary N) is 1. The number of amides is 1. The molecule has 0 aliphatic carbocycles. The van der Waals surface area contributed by atoms with Gasteiger partial charge >= 0.3 is 0 Å². The summed E-state index contributed by atoms with van der Waals surface area (Å²) in [7, 11) is 0. The average molecular weight is 345 g/mol. The smallest absolute Gasteiger partial charge is 0.273 e. The zero-order valence-electron chi connectivity index (χ0n) is 13.4. The highest BCUT2D eigenvalue weighted by molar-refractivity contribution is 7.13. The van der Waals surface area contributed by atoms with Crippen molar-refractivity contribution in [2.45, 2.75) is 13.3 Å². The fourth-order valence-corrected chi connectivity index (χ4v) is 3.85. The Kier molecular flexibility index (Phi) is 3.69. The van der Waals surface area contributed by atoms with Gasteiger partial charge < -0.3 is 20.1 Å². The van der Waals surface area contributed by atoms with Crippen molar-refractivity contribution in [3.63, 3.8) is 0 Å². The van der Waals surface area contributed by atoms with E-state index in [4.69, 9.17) is 15.2 Å². The molecule has 0 spiro atoms. The van der Waals surface area contributed by atoms with Crippen molar-refractivity contribution in [2.24, 2.45) is 11.1 Å². The van der Waals surface area contributed by atoms with E-state index in [1.165, 1.54) is 11.3 Å². The summed E-state index contributed by atoms with van der Waals surface area (Å²) >= 11 is 1.46. The number of hydrogen-bond acceptors (Lipinski definition) is 6. The summed E-state index contributed by atoms with van der Waals surface area (Å²) in [6, 6.07) is 5.70. The molecule has 24 heavy (non-hydrogen) atoms. The third-order valence-electron chi connectivity index (χ3n) is 4.68. The summed E-state index contributed by atoms with van der Waals surface area (Å²) in [5.41, 5.74) is 7.26. The summed E-state index contributed by atoms with van der Waals surface area (Å²) in [4.78, 5) is 19.0. The molecular weight excluding hydrogens is 326 g/mol. The van der Waals surface area contributed by atoms with Crippen molar-refractivity contribution >= 4 is 17.2 Å². The van der Waals surface area contributed by atoms with Gasteiger partial charge in [-0.3, -0.25) is 4.79 Å². The Morgan fingerprint density at radius 2 is 2.25 bits per heavy atom. The summed E-state index contributed by atoms with van der Waals surface area (Å²) in [5.74, 6) is 1.44. The van der Waals surface area contributed by atoms with E-state index in [1.54, 1.807) is 0 Å². The molecular formula is C17H19N3O3S. The number of carbonyl (C=O) groups excluding carboxylic acids is 1. The van der Waals surface area contributed by atoms with Gasteiger partial charge in [0.05, 0.1) is 0 Å². The van der Waals surface area contributed by atoms with Crippen LogP contribution in [-0.4, -0.2) is 42.2 Å². The first-order valence-corrected chi connectivity index (χ1v) is 8.81. The van der Waals surface area contributed by atoms with E-state index in [-0.39, 0.29) is 18.1 Å². The topological polar surface area (TPSA) is 77.7 Å². The zero-order valence-corrected chi connectivity index (χ0v) is 14.3. The van der Waals surface area contributed by atoms with Crippen LogP contribution in [0.25, 0.3) is 10.6 Å². The molecule has 3 heterocycles. The normalized spacial score (nSPS) is 22.2. The Bertz CT molecular complexity index is 791. The Morgan fingerprint density at radius 1 is 1.42 bits per heavy atom. The molecule has 0 bridgehead atoms. The predicted molar refractivity (Wildman–Crippen MR) is 91.4 cm³/mol. The van der Waals surface area contributed by atoms with Gasteiger partial charge in [0.15, 0.2) is 11.5 Å². The van der Waals surface area contributed by atoms with Crippen molar-refractivity contribution in [3.8, 4) is 22.1 Å². The first-order chi connectivity index (χ1) is 11.6. The van der Waals surface area contributed by atoms with Crippen LogP contribution in [-0.2, 0) is 0 Å². The van der Waals surface area contributed by atoms with Crippen molar-refractivity contribution in [1.82, 2.24) is 9.88 Å². The lowest BCUT2D eigenvalue weighted by Crippen LogP contribution is -2.34. The van der Waals surface area contributed by atoms with E-state index >= 15 is 0 Å². The molecule has 2 N–H and O–H groups in total. The fraction of sp³-hybridized carbons (Fsp3) is 0.412. The molecule has 1 atom stereocenters. The number of rotatable bonds is 3. The van der Waals surface area contributed by atoms with E-state index in [0.29, 0.717) is 24.5 Å². The van der Waals surface area contributed by atoms with Crippen LogP contribution in [0, 0.1) is 5.41 Å². The van der Waals surface area contributed by atoms with Crippen LogP contribution in [0.3, 0.4) is 0 Å². The lowest BCUT2D eigenvalue weighted by atomic mass is 9.90. The number of fused-ring (bicyclic) bond motifs is 1. The molecule has 6 nitrogen and oxygen atoms in total. The Hall–Kier alpha value is -2.12. The predicted octanol–water partition coefficient (Wildman–Crippen LogP) is 2.35. The minimum Gasteiger partial charge on any atom is -0.454 e. The highest BCUT2D eigenvalue weighted by Crippen LogP contribution is 2.37. The van der Waals surface area contributed by atoms with Gasteiger partial charge in [-0.1, -0.05) is 6.92 Å². The third kappa shape index (κ3) is 2.63. The van der Waals surface area contributed by atoms with E-state index in [2.05, 4.69) is 11.9 Å². The largest absolute Gasteiger partial charge is 0.454 e. The van der Waals surface area contributed by atoms with Crippen molar-refractivity contribution in [1.29, 1.82) is 0 Å². The van der Waals surface area contributed by atoms with Gasteiger partial charge in [0, 0.05) is 24.0 Å². The SMILES string of the molecule is CC1(CN)CCN(C(=O)c2csc(-c3ccc4c(c3)OCO4)n2)C1. The molecule has 0 saturated carbocycles. The monoisotopic (exact) mass is 345 g/mol. The Morgan fingerprint density at radius 3 is 3.04 bits per heavy atom. The maximum atomic E-state index is 12.7. The molecule has 2 aromatic rings. The number of benzene rings is 1. The van der Waals surface area contributed by atoms with Crippen molar-refractivity contribution < 1.29 is 14.3 Å². The number of carbonyl (C=O) groups is 1. The van der Waals surface area contributed by atoms with E-state index in [0.717, 1.165) is 29.3 Å². The van der Waals surface area contributed by atoms with Crippen LogP contribution in [0.4, 0.5) is 0 Å². The van der Waals surface area contributed by atoms with Crippen LogP contribution >= 0.6 is 11.3 Å². The number of thiazole rings is 1. The first kappa shape index (κ1) is 15.4. The molecule has 7 heteroatoms. The summed E-state index contributed by atoms with van der Waals surface area (Å²) in [5, 5.41) is 2.62. The molecule has 0 radical (unpaired) electrons. The summed E-state index contributed by atoms with van der Waals surface area (Å²) in [6.07, 6.45) is 0.939. The van der Waals surface area contributed by atoms with Crippen LogP contribution < -0.4 is 15.2 Å². The molecule has 2 aliphatic heterocycles. The second-order valence-corrected chi connectivity index (χ2v) is 7.46. The number of nitrogens with zero attached hydrogens (tertiary/aromatic N) is 2. The number of likely N-dealkylation sites (tertiary alicyclic amines) is 1. The standard InChI is InChI=1S/C17H19N3O3S/c1-17(8-18)4-5-20(9-17)16(21)12-7-24-15(19-12)11-2-3-13-14(6-11)23-10-22-13/h2-3,6-7H,4-5,8-10,18H2,1H3. The number of ether oxygens (including phenoxy) is 2. The van der Waals surface area contributed by atoms with Gasteiger partial charge in [-0.2, -0.15) is 0 Å². The van der Waals surface area contributed by atoms with Gasteiger partial charge in [0.2, 0.25) is 6.79 Å². The van der Waals surface area contributed by atoms with E-state index in [1.807, 2.05) is 28.5 Å². The molecule has 1 aromatic heterocycles. The molecule has 1 aromatic carbocycles. The zero-order chi connectivity index (χ0) is 16.7. The maximum absolute atomic E-state index is 12.7. The van der Waals surface area contributed by atoms with Crippen LogP contribution in [0.1, 0.15) is 23.8 Å². The molecule has 1 fully saturated rings. The van der Waals surface area contributed by atoms with Crippen molar-refractivity contribution in [2.75, 3.05) is 26.4 Å². The second kappa shape index (κ2) is 5.75. The quantitative estimate of drug-likeness (QED) is 0.924. The number of hydrogen-bond donors (Lipinski definition) is 1. The summed E-state index contributed by atoms with van der Waals surface area (Å²) in [6.45, 7) is 4.40. The summed E-state index contributed by atoms with van der Waals surface area (Å²) < 4.78 is 10.7. The lowest BCUT2D eigenvalue weighted by molar-refractivity contribution is 0.0772. The molecule has 1 saturated heterocycles. The van der Waals surface area contributed by atoms with Crippen molar-refractivity contribution in [3.05, 3.63) is 29.3 Å². The van der Waals surface area contributed by atoms with E-state index in [9.17, 15) is 4.79 Å². The molecule has 4 rings (SSSR count). The minimum atomic E-state index is -0.0181. The first-order valence-electron chi connectivity index (χ1n) is 7.93. The lowest BCUT2D eigenvalue weighted by Gasteiger charge is -2.22. The van der Waals surface area contributed by atoms with E-state index < -0.39 is 0 Å². The fourth-order valence-electron chi connectivity index (χ4n) is 3.06. The average Bonchev–Trinajstić information content (AvgIpc) is 3.33. The third-order valence-corrected chi connectivity index (χ3v) is 5.57. The Balaban J connectivity index is 1.54. The van der Waals surface area contributed by atoms with Gasteiger partial charge in [-0.15, -0.1) is 11.3 Å². The maximum Gasteiger partial charge on any atom is 0.273 e. The minimum absolute atomic E-state index is 0.0181. The van der Waals surface area contributed by atoms with Crippen LogP contribution in [0.15, 0.2) is 23.6 Å². The highest BCUT2D eigenvalue weighted by Gasteiger charge is 2.35.